The van der Waals surface area contributed by atoms with Gasteiger partial charge in [0.2, 0.25) is 0 Å². The number of hydrogen-bond acceptors (Lipinski definition) is 3. The number of hydrogen-bond donors (Lipinski definition) is 2. The minimum absolute atomic E-state index is 0.0494. The van der Waals surface area contributed by atoms with Gasteiger partial charge >= 0.3 is 5.97 Å². The first-order chi connectivity index (χ1) is 12.3. The van der Waals surface area contributed by atoms with Crippen molar-refractivity contribution in [3.63, 3.8) is 0 Å². The molecule has 0 saturated heterocycles. The zero-order chi connectivity index (χ0) is 18.7. The highest BCUT2D eigenvalue weighted by Gasteiger charge is 2.28. The largest absolute Gasteiger partial charge is 0.478 e. The van der Waals surface area contributed by atoms with Gasteiger partial charge in [-0.25, -0.2) is 4.79 Å². The predicted molar refractivity (Wildman–Crippen MR) is 103 cm³/mol. The highest BCUT2D eigenvalue weighted by atomic mass is 16.4. The summed E-state index contributed by atoms with van der Waals surface area (Å²) < 4.78 is 0. The average Bonchev–Trinajstić information content (AvgIpc) is 2.59. The number of rotatable bonds is 4. The van der Waals surface area contributed by atoms with Crippen LogP contribution in [-0.4, -0.2) is 22.4 Å². The van der Waals surface area contributed by atoms with Gasteiger partial charge in [-0.3, -0.25) is 4.79 Å². The first-order valence-corrected chi connectivity index (χ1v) is 8.48. The Morgan fingerprint density at radius 3 is 2.54 bits per heavy atom. The number of carboxylic acids is 1. The normalized spacial score (nSPS) is 16.9. The Bertz CT molecular complexity index is 908. The van der Waals surface area contributed by atoms with E-state index in [4.69, 9.17) is 5.11 Å². The number of aliphatic carboxylic acids is 1. The average molecular weight is 347 g/mol. The second-order valence-corrected chi connectivity index (χ2v) is 7.06. The number of ketones is 1. The van der Waals surface area contributed by atoms with E-state index in [1.165, 1.54) is 0 Å². The van der Waals surface area contributed by atoms with Gasteiger partial charge in [0.25, 0.3) is 0 Å². The smallest absolute Gasteiger partial charge is 0.328 e. The summed E-state index contributed by atoms with van der Waals surface area (Å²) in [7, 11) is 0. The molecular weight excluding hydrogens is 326 g/mol. The van der Waals surface area contributed by atoms with Gasteiger partial charge in [0.15, 0.2) is 5.78 Å². The molecule has 0 fully saturated rings. The molecule has 1 heterocycles. The Kier molecular flexibility index (Phi) is 4.76. The summed E-state index contributed by atoms with van der Waals surface area (Å²) in [5.74, 6) is -1.02. The summed E-state index contributed by atoms with van der Waals surface area (Å²) >= 11 is 0. The number of nitrogens with one attached hydrogen (secondary N) is 1. The molecule has 132 valence electrons. The van der Waals surface area contributed by atoms with Crippen LogP contribution in [0.25, 0.3) is 11.8 Å². The molecule has 2 aromatic carbocycles. The van der Waals surface area contributed by atoms with Crippen LogP contribution in [0.1, 0.15) is 40.9 Å². The van der Waals surface area contributed by atoms with E-state index < -0.39 is 5.97 Å². The van der Waals surface area contributed by atoms with Crippen molar-refractivity contribution in [2.45, 2.75) is 25.8 Å². The van der Waals surface area contributed by atoms with Gasteiger partial charge in [0.1, 0.15) is 0 Å². The fourth-order valence-electron chi connectivity index (χ4n) is 3.18. The quantitative estimate of drug-likeness (QED) is 0.649. The summed E-state index contributed by atoms with van der Waals surface area (Å²) in [4.78, 5) is 23.3. The molecule has 2 N–H and O–H groups in total. The van der Waals surface area contributed by atoms with Gasteiger partial charge in [0.05, 0.1) is 0 Å². The zero-order valence-electron chi connectivity index (χ0n) is 14.8. The maximum absolute atomic E-state index is 12.6. The molecule has 0 bridgehead atoms. The van der Waals surface area contributed by atoms with E-state index in [1.807, 2.05) is 36.4 Å². The Labute approximate surface area is 152 Å². The van der Waals surface area contributed by atoms with Crippen LogP contribution < -0.4 is 5.32 Å². The first kappa shape index (κ1) is 17.7. The Hall–Kier alpha value is -3.14. The molecule has 0 atom stereocenters. The maximum Gasteiger partial charge on any atom is 0.328 e. The van der Waals surface area contributed by atoms with Crippen LogP contribution in [0.3, 0.4) is 0 Å². The Morgan fingerprint density at radius 1 is 1.12 bits per heavy atom. The van der Waals surface area contributed by atoms with E-state index in [-0.39, 0.29) is 11.3 Å². The number of allylic oxidation sites excluding steroid dienone is 1. The van der Waals surface area contributed by atoms with Crippen LogP contribution >= 0.6 is 0 Å². The molecule has 0 amide bonds. The summed E-state index contributed by atoms with van der Waals surface area (Å²) in [6.07, 6.45) is 5.13. The number of carbonyl (C=O) groups excluding carboxylic acids is 1. The maximum atomic E-state index is 12.6. The van der Waals surface area contributed by atoms with E-state index in [0.717, 1.165) is 34.9 Å². The molecule has 0 radical (unpaired) electrons. The minimum Gasteiger partial charge on any atom is -0.478 e. The van der Waals surface area contributed by atoms with Crippen LogP contribution in [0.5, 0.6) is 0 Å². The molecule has 0 aromatic heterocycles. The summed E-state index contributed by atoms with van der Waals surface area (Å²) in [5.41, 5.74) is 4.13. The molecule has 26 heavy (non-hydrogen) atoms. The lowest BCUT2D eigenvalue weighted by atomic mass is 9.84. The predicted octanol–water partition coefficient (Wildman–Crippen LogP) is 3.93. The van der Waals surface area contributed by atoms with Crippen molar-refractivity contribution in [2.24, 2.45) is 0 Å². The van der Waals surface area contributed by atoms with Crippen LogP contribution in [0.15, 0.2) is 60.7 Å². The van der Waals surface area contributed by atoms with E-state index in [9.17, 15) is 9.59 Å². The van der Waals surface area contributed by atoms with Gasteiger partial charge in [-0.15, -0.1) is 0 Å². The molecule has 4 nitrogen and oxygen atoms in total. The highest BCUT2D eigenvalue weighted by Crippen LogP contribution is 2.31. The van der Waals surface area contributed by atoms with Crippen LogP contribution in [0.2, 0.25) is 0 Å². The fourth-order valence-corrected chi connectivity index (χ4v) is 3.18. The van der Waals surface area contributed by atoms with Crippen molar-refractivity contribution in [2.75, 3.05) is 0 Å². The van der Waals surface area contributed by atoms with Gasteiger partial charge in [-0.05, 0) is 37.5 Å². The minimum atomic E-state index is -0.973. The van der Waals surface area contributed by atoms with Gasteiger partial charge in [-0.1, -0.05) is 48.5 Å². The summed E-state index contributed by atoms with van der Waals surface area (Å²) in [5, 5.41) is 12.2. The third-order valence-corrected chi connectivity index (χ3v) is 4.28. The summed E-state index contributed by atoms with van der Waals surface area (Å²) in [6, 6.07) is 15.0. The molecule has 1 aliphatic rings. The van der Waals surface area contributed by atoms with E-state index in [2.05, 4.69) is 19.2 Å². The van der Waals surface area contributed by atoms with Crippen LogP contribution in [0, 0.1) is 0 Å². The van der Waals surface area contributed by atoms with Gasteiger partial charge < -0.3 is 10.4 Å². The number of carbonyl (C=O) groups is 2. The molecule has 1 aliphatic heterocycles. The second kappa shape index (κ2) is 7.00. The molecule has 0 saturated carbocycles. The molecule has 3 rings (SSSR count). The number of fused-ring (bicyclic) bond motifs is 1. The lowest BCUT2D eigenvalue weighted by Gasteiger charge is -2.35. The highest BCUT2D eigenvalue weighted by molar-refractivity contribution is 6.08. The lowest BCUT2D eigenvalue weighted by Crippen LogP contribution is -2.43. The van der Waals surface area contributed by atoms with E-state index >= 15 is 0 Å². The second-order valence-electron chi connectivity index (χ2n) is 7.06. The number of carboxylic acid groups (broad SMARTS) is 1. The van der Waals surface area contributed by atoms with Gasteiger partial charge in [-0.2, -0.15) is 0 Å². The molecule has 0 aliphatic carbocycles. The van der Waals surface area contributed by atoms with Crippen molar-refractivity contribution < 1.29 is 14.7 Å². The monoisotopic (exact) mass is 347 g/mol. The Morgan fingerprint density at radius 2 is 1.85 bits per heavy atom. The third kappa shape index (κ3) is 4.09. The zero-order valence-corrected chi connectivity index (χ0v) is 14.8. The van der Waals surface area contributed by atoms with Crippen molar-refractivity contribution in [1.29, 1.82) is 0 Å². The van der Waals surface area contributed by atoms with Gasteiger partial charge in [0, 0.05) is 34.5 Å². The summed E-state index contributed by atoms with van der Waals surface area (Å²) in [6.45, 7) is 4.16. The van der Waals surface area contributed by atoms with E-state index in [0.29, 0.717) is 5.56 Å². The fraction of sp³-hybridized carbons (Fsp3) is 0.182. The van der Waals surface area contributed by atoms with Crippen LogP contribution in [0.4, 0.5) is 0 Å². The number of benzene rings is 2. The van der Waals surface area contributed by atoms with Crippen molar-refractivity contribution in [3.8, 4) is 0 Å². The SMILES string of the molecule is CC1(C)Cc2cc(C=CC(=O)O)ccc2C(=CC(=O)c2ccccc2)N1. The van der Waals surface area contributed by atoms with Crippen LogP contribution in [-0.2, 0) is 11.2 Å². The van der Waals surface area contributed by atoms with E-state index in [1.54, 1.807) is 24.3 Å². The van der Waals surface area contributed by atoms with Crippen molar-refractivity contribution >= 4 is 23.5 Å². The molecule has 0 spiro atoms. The third-order valence-electron chi connectivity index (χ3n) is 4.28. The molecule has 0 unspecified atom stereocenters. The topological polar surface area (TPSA) is 66.4 Å². The first-order valence-electron chi connectivity index (χ1n) is 8.48. The van der Waals surface area contributed by atoms with Crippen molar-refractivity contribution in [1.82, 2.24) is 5.32 Å². The van der Waals surface area contributed by atoms with Crippen molar-refractivity contribution in [3.05, 3.63) is 82.9 Å². The standard InChI is InChI=1S/C22H21NO3/c1-22(2)14-17-12-15(9-11-21(25)26)8-10-18(17)19(23-22)13-20(24)16-6-4-3-5-7-16/h3-13,23H,14H2,1-2H3,(H,25,26). The lowest BCUT2D eigenvalue weighted by molar-refractivity contribution is -0.131. The molecular formula is C22H21NO3. The molecule has 4 heteroatoms. The molecule has 2 aromatic rings. The Balaban J connectivity index is 2.00.